The summed E-state index contributed by atoms with van der Waals surface area (Å²) < 4.78 is 0. The molecule has 60 valence electrons. The second kappa shape index (κ2) is 3.91. The van der Waals surface area contributed by atoms with Gasteiger partial charge >= 0.3 is 0 Å². The van der Waals surface area contributed by atoms with Gasteiger partial charge < -0.3 is 16.0 Å². The van der Waals surface area contributed by atoms with Gasteiger partial charge in [0.2, 0.25) is 0 Å². The van der Waals surface area contributed by atoms with Crippen molar-refractivity contribution in [3.05, 3.63) is 0 Å². The molecule has 0 bridgehead atoms. The minimum Gasteiger partial charge on any atom is -0.318 e. The number of piperidine rings is 1. The van der Waals surface area contributed by atoms with E-state index in [0.29, 0.717) is 12.7 Å². The molecule has 1 aliphatic rings. The molecular formula is C7H17N3. The van der Waals surface area contributed by atoms with Gasteiger partial charge in [0.25, 0.3) is 0 Å². The summed E-state index contributed by atoms with van der Waals surface area (Å²) in [5.74, 6) is 0. The number of hydrogen-bond acceptors (Lipinski definition) is 3. The van der Waals surface area contributed by atoms with Crippen molar-refractivity contribution in [2.45, 2.75) is 18.9 Å². The Labute approximate surface area is 62.6 Å². The van der Waals surface area contributed by atoms with E-state index < -0.39 is 0 Å². The van der Waals surface area contributed by atoms with E-state index in [1.165, 1.54) is 19.4 Å². The minimum atomic E-state index is 0.610. The lowest BCUT2D eigenvalue weighted by Crippen LogP contribution is -2.45. The molecule has 0 amide bonds. The first-order valence-electron chi connectivity index (χ1n) is 3.95. The van der Waals surface area contributed by atoms with E-state index in [0.717, 1.165) is 6.54 Å². The molecule has 1 unspecified atom stereocenters. The SMILES string of the molecule is CN1CCCC(NCN)C1. The molecule has 1 atom stereocenters. The number of likely N-dealkylation sites (N-methyl/N-ethyl adjacent to an activating group) is 1. The van der Waals surface area contributed by atoms with Crippen LogP contribution in [0.15, 0.2) is 0 Å². The van der Waals surface area contributed by atoms with E-state index in [2.05, 4.69) is 17.3 Å². The van der Waals surface area contributed by atoms with Gasteiger partial charge in [0, 0.05) is 19.3 Å². The molecule has 1 aliphatic heterocycles. The normalized spacial score (nSPS) is 28.8. The molecule has 3 N–H and O–H groups in total. The number of hydrogen-bond donors (Lipinski definition) is 2. The van der Waals surface area contributed by atoms with E-state index >= 15 is 0 Å². The van der Waals surface area contributed by atoms with Crippen LogP contribution >= 0.6 is 0 Å². The summed E-state index contributed by atoms with van der Waals surface area (Å²) in [5, 5.41) is 3.25. The predicted octanol–water partition coefficient (Wildman–Crippen LogP) is -0.414. The van der Waals surface area contributed by atoms with Crippen molar-refractivity contribution in [3.8, 4) is 0 Å². The third-order valence-corrected chi connectivity index (χ3v) is 2.03. The average molecular weight is 143 g/mol. The van der Waals surface area contributed by atoms with Crippen molar-refractivity contribution in [1.29, 1.82) is 0 Å². The van der Waals surface area contributed by atoms with Gasteiger partial charge in [-0.25, -0.2) is 0 Å². The second-order valence-electron chi connectivity index (χ2n) is 3.01. The van der Waals surface area contributed by atoms with Crippen LogP contribution in [0.2, 0.25) is 0 Å². The highest BCUT2D eigenvalue weighted by molar-refractivity contribution is 4.74. The van der Waals surface area contributed by atoms with Gasteiger partial charge in [0.15, 0.2) is 0 Å². The molecule has 1 fully saturated rings. The Kier molecular flexibility index (Phi) is 3.12. The predicted molar refractivity (Wildman–Crippen MR) is 42.7 cm³/mol. The first-order chi connectivity index (χ1) is 4.83. The van der Waals surface area contributed by atoms with Crippen molar-refractivity contribution in [2.75, 3.05) is 26.8 Å². The molecule has 0 aromatic heterocycles. The highest BCUT2D eigenvalue weighted by Gasteiger charge is 2.14. The Morgan fingerprint density at radius 1 is 1.70 bits per heavy atom. The van der Waals surface area contributed by atoms with Crippen LogP contribution < -0.4 is 11.1 Å². The van der Waals surface area contributed by atoms with Crippen molar-refractivity contribution < 1.29 is 0 Å². The lowest BCUT2D eigenvalue weighted by Gasteiger charge is -2.29. The van der Waals surface area contributed by atoms with Crippen molar-refractivity contribution in [3.63, 3.8) is 0 Å². The Morgan fingerprint density at radius 3 is 3.10 bits per heavy atom. The van der Waals surface area contributed by atoms with Crippen LogP contribution in [-0.4, -0.2) is 37.7 Å². The number of nitrogens with one attached hydrogen (secondary N) is 1. The fourth-order valence-corrected chi connectivity index (χ4v) is 1.50. The zero-order chi connectivity index (χ0) is 7.40. The second-order valence-corrected chi connectivity index (χ2v) is 3.01. The van der Waals surface area contributed by atoms with Crippen LogP contribution in [0.3, 0.4) is 0 Å². The maximum absolute atomic E-state index is 5.38. The summed E-state index contributed by atoms with van der Waals surface area (Å²) in [6.07, 6.45) is 2.58. The molecule has 1 saturated heterocycles. The van der Waals surface area contributed by atoms with Crippen LogP contribution in [0.5, 0.6) is 0 Å². The third kappa shape index (κ3) is 2.25. The Bertz CT molecular complexity index is 92.9. The average Bonchev–Trinajstić information content (AvgIpc) is 1.88. The zero-order valence-electron chi connectivity index (χ0n) is 6.64. The van der Waals surface area contributed by atoms with Crippen molar-refractivity contribution >= 4 is 0 Å². The van der Waals surface area contributed by atoms with Crippen LogP contribution in [0.1, 0.15) is 12.8 Å². The van der Waals surface area contributed by atoms with Gasteiger partial charge in [-0.1, -0.05) is 0 Å². The first-order valence-corrected chi connectivity index (χ1v) is 3.95. The molecule has 10 heavy (non-hydrogen) atoms. The van der Waals surface area contributed by atoms with Crippen LogP contribution in [0, 0.1) is 0 Å². The standard InChI is InChI=1S/C7H17N3/c1-10-4-2-3-7(5-10)9-6-8/h7,9H,2-6,8H2,1H3. The summed E-state index contributed by atoms with van der Waals surface area (Å²) in [5.41, 5.74) is 5.38. The number of likely N-dealkylation sites (tertiary alicyclic amines) is 1. The van der Waals surface area contributed by atoms with Crippen LogP contribution in [-0.2, 0) is 0 Å². The number of nitrogens with two attached hydrogens (primary N) is 1. The summed E-state index contributed by atoms with van der Waals surface area (Å²) >= 11 is 0. The summed E-state index contributed by atoms with van der Waals surface area (Å²) in [7, 11) is 2.16. The van der Waals surface area contributed by atoms with Crippen LogP contribution in [0.4, 0.5) is 0 Å². The molecule has 0 spiro atoms. The minimum absolute atomic E-state index is 0.610. The quantitative estimate of drug-likeness (QED) is 0.516. The molecule has 1 heterocycles. The van der Waals surface area contributed by atoms with Gasteiger partial charge in [-0.2, -0.15) is 0 Å². The summed E-state index contributed by atoms with van der Waals surface area (Å²) in [4.78, 5) is 2.34. The Hall–Kier alpha value is -0.120. The van der Waals surface area contributed by atoms with Gasteiger partial charge in [-0.3, -0.25) is 0 Å². The highest BCUT2D eigenvalue weighted by Crippen LogP contribution is 2.06. The Morgan fingerprint density at radius 2 is 2.50 bits per heavy atom. The Balaban J connectivity index is 2.18. The van der Waals surface area contributed by atoms with Gasteiger partial charge in [0.05, 0.1) is 0 Å². The molecule has 0 aromatic rings. The topological polar surface area (TPSA) is 41.3 Å². The summed E-state index contributed by atoms with van der Waals surface area (Å²) in [6, 6.07) is 0.628. The molecule has 1 rings (SSSR count). The van der Waals surface area contributed by atoms with E-state index in [9.17, 15) is 0 Å². The smallest absolute Gasteiger partial charge is 0.0431 e. The van der Waals surface area contributed by atoms with E-state index in [-0.39, 0.29) is 0 Å². The molecule has 0 aliphatic carbocycles. The van der Waals surface area contributed by atoms with Crippen LogP contribution in [0.25, 0.3) is 0 Å². The molecule has 0 radical (unpaired) electrons. The van der Waals surface area contributed by atoms with Crippen molar-refractivity contribution in [2.24, 2.45) is 5.73 Å². The van der Waals surface area contributed by atoms with Gasteiger partial charge in [0.1, 0.15) is 0 Å². The highest BCUT2D eigenvalue weighted by atomic mass is 15.1. The number of rotatable bonds is 2. The number of nitrogens with zero attached hydrogens (tertiary/aromatic N) is 1. The third-order valence-electron chi connectivity index (χ3n) is 2.03. The molecule has 0 aromatic carbocycles. The maximum atomic E-state index is 5.38. The van der Waals surface area contributed by atoms with Gasteiger partial charge in [-0.05, 0) is 26.4 Å². The summed E-state index contributed by atoms with van der Waals surface area (Å²) in [6.45, 7) is 3.00. The monoisotopic (exact) mass is 143 g/mol. The lowest BCUT2D eigenvalue weighted by molar-refractivity contribution is 0.228. The van der Waals surface area contributed by atoms with E-state index in [1.54, 1.807) is 0 Å². The first kappa shape index (κ1) is 7.98. The van der Waals surface area contributed by atoms with E-state index in [1.807, 2.05) is 0 Å². The molecule has 3 heteroatoms. The van der Waals surface area contributed by atoms with Gasteiger partial charge in [-0.15, -0.1) is 0 Å². The van der Waals surface area contributed by atoms with Crippen molar-refractivity contribution in [1.82, 2.24) is 10.2 Å². The largest absolute Gasteiger partial charge is 0.318 e. The molecule has 0 saturated carbocycles. The zero-order valence-corrected chi connectivity index (χ0v) is 6.64. The van der Waals surface area contributed by atoms with E-state index in [4.69, 9.17) is 5.73 Å². The molecular weight excluding hydrogens is 126 g/mol. The fraction of sp³-hybridized carbons (Fsp3) is 1.00. The molecule has 3 nitrogen and oxygen atoms in total. The fourth-order valence-electron chi connectivity index (χ4n) is 1.50. The maximum Gasteiger partial charge on any atom is 0.0431 e. The lowest BCUT2D eigenvalue weighted by atomic mass is 10.1.